The van der Waals surface area contributed by atoms with Gasteiger partial charge in [0.15, 0.2) is 6.29 Å². The molecular formula is C18H19F2O4P. The van der Waals surface area contributed by atoms with E-state index in [0.717, 1.165) is 0 Å². The third-order valence-corrected chi connectivity index (χ3v) is 5.72. The molecule has 0 spiro atoms. The molecule has 0 aliphatic carbocycles. The van der Waals surface area contributed by atoms with Gasteiger partial charge in [0.1, 0.15) is 0 Å². The van der Waals surface area contributed by atoms with Gasteiger partial charge in [-0.2, -0.15) is 8.78 Å². The molecule has 7 heteroatoms. The summed E-state index contributed by atoms with van der Waals surface area (Å²) in [5.74, 6) is 0. The fourth-order valence-corrected chi connectivity index (χ4v) is 3.95. The summed E-state index contributed by atoms with van der Waals surface area (Å²) in [6, 6.07) is 12.1. The number of alkyl halides is 2. The number of carbonyl (C=O) groups is 1. The maximum atomic E-state index is 14.7. The number of halogens is 2. The molecule has 4 nitrogen and oxygen atoms in total. The van der Waals surface area contributed by atoms with Crippen LogP contribution < -0.4 is 0 Å². The minimum atomic E-state index is -4.64. The van der Waals surface area contributed by atoms with Crippen molar-refractivity contribution in [3.8, 4) is 11.1 Å². The lowest BCUT2D eigenvalue weighted by Gasteiger charge is -2.26. The zero-order chi connectivity index (χ0) is 18.5. The molecular weight excluding hydrogens is 349 g/mol. The number of aldehydes is 1. The van der Waals surface area contributed by atoms with Gasteiger partial charge in [-0.15, -0.1) is 0 Å². The first-order valence-corrected chi connectivity index (χ1v) is 9.36. The van der Waals surface area contributed by atoms with Crippen molar-refractivity contribution in [1.29, 1.82) is 0 Å². The molecule has 2 rings (SSSR count). The highest BCUT2D eigenvalue weighted by atomic mass is 31.2. The first-order valence-electron chi connectivity index (χ1n) is 7.81. The predicted octanol–water partition coefficient (Wildman–Crippen LogP) is 5.48. The first kappa shape index (κ1) is 19.4. The predicted molar refractivity (Wildman–Crippen MR) is 92.0 cm³/mol. The second kappa shape index (κ2) is 8.00. The average Bonchev–Trinajstić information content (AvgIpc) is 2.62. The Bertz CT molecular complexity index is 765. The smallest absolute Gasteiger partial charge is 0.304 e. The Hall–Kier alpha value is -1.88. The van der Waals surface area contributed by atoms with E-state index in [2.05, 4.69) is 0 Å². The van der Waals surface area contributed by atoms with Gasteiger partial charge in [-0.1, -0.05) is 48.5 Å². The van der Waals surface area contributed by atoms with Gasteiger partial charge in [-0.25, -0.2) is 0 Å². The van der Waals surface area contributed by atoms with Crippen LogP contribution in [-0.4, -0.2) is 19.5 Å². The van der Waals surface area contributed by atoms with Crippen LogP contribution in [0.25, 0.3) is 11.1 Å². The van der Waals surface area contributed by atoms with Crippen LogP contribution in [0.4, 0.5) is 8.78 Å². The highest BCUT2D eigenvalue weighted by Gasteiger charge is 2.54. The summed E-state index contributed by atoms with van der Waals surface area (Å²) in [5, 5.41) is 0. The normalized spacial score (nSPS) is 12.2. The standard InChI is InChI=1S/C18H19F2O4P/c1-3-23-25(22,24-4-2)18(19,20)16-11-9-14(10-12-16)17-8-6-5-7-15(17)13-21/h5-13H,3-4H2,1-2H3. The van der Waals surface area contributed by atoms with E-state index in [9.17, 15) is 18.1 Å². The molecule has 0 aromatic heterocycles. The van der Waals surface area contributed by atoms with E-state index in [1.54, 1.807) is 24.3 Å². The number of hydrogen-bond acceptors (Lipinski definition) is 4. The molecule has 0 amide bonds. The third kappa shape index (κ3) is 3.87. The lowest BCUT2D eigenvalue weighted by Crippen LogP contribution is -2.18. The lowest BCUT2D eigenvalue weighted by atomic mass is 9.99. The molecule has 134 valence electrons. The van der Waals surface area contributed by atoms with Crippen LogP contribution in [0, 0.1) is 0 Å². The first-order chi connectivity index (χ1) is 11.9. The number of hydrogen-bond donors (Lipinski definition) is 0. The van der Waals surface area contributed by atoms with Gasteiger partial charge in [0, 0.05) is 11.1 Å². The zero-order valence-corrected chi connectivity index (χ0v) is 14.8. The van der Waals surface area contributed by atoms with Crippen LogP contribution in [0.2, 0.25) is 0 Å². The van der Waals surface area contributed by atoms with E-state index in [0.29, 0.717) is 23.0 Å². The minimum Gasteiger partial charge on any atom is -0.304 e. The maximum absolute atomic E-state index is 14.7. The molecule has 2 aromatic rings. The molecule has 0 saturated heterocycles. The van der Waals surface area contributed by atoms with E-state index in [-0.39, 0.29) is 13.2 Å². The van der Waals surface area contributed by atoms with Crippen LogP contribution in [0.15, 0.2) is 48.5 Å². The van der Waals surface area contributed by atoms with Gasteiger partial charge in [0.2, 0.25) is 0 Å². The largest absolute Gasteiger partial charge is 0.404 e. The summed E-state index contributed by atoms with van der Waals surface area (Å²) in [6.45, 7) is 2.64. The Labute approximate surface area is 145 Å². The van der Waals surface area contributed by atoms with Crippen LogP contribution in [0.5, 0.6) is 0 Å². The summed E-state index contributed by atoms with van der Waals surface area (Å²) in [7, 11) is -4.64. The highest BCUT2D eigenvalue weighted by molar-refractivity contribution is 7.54. The van der Waals surface area contributed by atoms with Gasteiger partial charge in [-0.05, 0) is 25.0 Å². The van der Waals surface area contributed by atoms with E-state index in [1.165, 1.54) is 38.1 Å². The van der Waals surface area contributed by atoms with Crippen molar-refractivity contribution in [3.63, 3.8) is 0 Å². The molecule has 0 aliphatic rings. The minimum absolute atomic E-state index is 0.155. The third-order valence-electron chi connectivity index (χ3n) is 3.57. The van der Waals surface area contributed by atoms with Crippen LogP contribution in [0.1, 0.15) is 29.8 Å². The van der Waals surface area contributed by atoms with Crippen molar-refractivity contribution in [3.05, 3.63) is 59.7 Å². The van der Waals surface area contributed by atoms with Crippen molar-refractivity contribution in [2.24, 2.45) is 0 Å². The van der Waals surface area contributed by atoms with Gasteiger partial charge >= 0.3 is 13.3 Å². The quantitative estimate of drug-likeness (QED) is 0.457. The molecule has 0 radical (unpaired) electrons. The van der Waals surface area contributed by atoms with Gasteiger partial charge in [-0.3, -0.25) is 9.36 Å². The van der Waals surface area contributed by atoms with Crippen molar-refractivity contribution >= 4 is 13.9 Å². The van der Waals surface area contributed by atoms with Gasteiger partial charge in [0.05, 0.1) is 13.2 Å². The Balaban J connectivity index is 2.41. The fraction of sp³-hybridized carbons (Fsp3) is 0.278. The van der Waals surface area contributed by atoms with Gasteiger partial charge in [0.25, 0.3) is 0 Å². The van der Waals surface area contributed by atoms with Crippen molar-refractivity contribution in [2.75, 3.05) is 13.2 Å². The van der Waals surface area contributed by atoms with E-state index in [4.69, 9.17) is 9.05 Å². The summed E-state index contributed by atoms with van der Waals surface area (Å²) in [5.41, 5.74) is -2.56. The Kier molecular flexibility index (Phi) is 6.22. The second-order valence-corrected chi connectivity index (χ2v) is 7.23. The van der Waals surface area contributed by atoms with Crippen molar-refractivity contribution < 1.29 is 27.2 Å². The second-order valence-electron chi connectivity index (χ2n) is 5.16. The summed E-state index contributed by atoms with van der Waals surface area (Å²) < 4.78 is 51.4. The highest BCUT2D eigenvalue weighted by Crippen LogP contribution is 2.66. The Morgan fingerprint density at radius 3 is 2.08 bits per heavy atom. The molecule has 25 heavy (non-hydrogen) atoms. The van der Waals surface area contributed by atoms with E-state index in [1.807, 2.05) is 0 Å². The average molecular weight is 368 g/mol. The lowest BCUT2D eigenvalue weighted by molar-refractivity contribution is 0.0361. The van der Waals surface area contributed by atoms with Crippen LogP contribution >= 0.6 is 7.60 Å². The Morgan fingerprint density at radius 2 is 1.56 bits per heavy atom. The molecule has 0 unspecified atom stereocenters. The molecule has 0 saturated carbocycles. The zero-order valence-electron chi connectivity index (χ0n) is 13.9. The monoisotopic (exact) mass is 368 g/mol. The molecule has 0 atom stereocenters. The molecule has 0 N–H and O–H groups in total. The van der Waals surface area contributed by atoms with Crippen molar-refractivity contribution in [1.82, 2.24) is 0 Å². The fourth-order valence-electron chi connectivity index (χ4n) is 2.41. The molecule has 0 aliphatic heterocycles. The van der Waals surface area contributed by atoms with Crippen LogP contribution in [0.3, 0.4) is 0 Å². The number of benzene rings is 2. The maximum Gasteiger partial charge on any atom is 0.404 e. The number of rotatable bonds is 8. The van der Waals surface area contributed by atoms with Crippen molar-refractivity contribution in [2.45, 2.75) is 19.5 Å². The molecule has 0 heterocycles. The van der Waals surface area contributed by atoms with Crippen LogP contribution in [-0.2, 0) is 19.3 Å². The van der Waals surface area contributed by atoms with E-state index >= 15 is 0 Å². The number of carbonyl (C=O) groups excluding carboxylic acids is 1. The van der Waals surface area contributed by atoms with Gasteiger partial charge < -0.3 is 9.05 Å². The van der Waals surface area contributed by atoms with E-state index < -0.39 is 18.8 Å². The summed E-state index contributed by atoms with van der Waals surface area (Å²) >= 11 is 0. The topological polar surface area (TPSA) is 52.6 Å². The SMILES string of the molecule is CCOP(=O)(OCC)C(F)(F)c1ccc(-c2ccccc2C=O)cc1. The summed E-state index contributed by atoms with van der Waals surface area (Å²) in [6.07, 6.45) is 0.705. The molecule has 0 bridgehead atoms. The molecule has 0 fully saturated rings. The Morgan fingerprint density at radius 1 is 1.00 bits per heavy atom. The molecule has 2 aromatic carbocycles. The summed E-state index contributed by atoms with van der Waals surface area (Å²) in [4.78, 5) is 11.1.